The molecule has 2 aromatic rings. The van der Waals surface area contributed by atoms with Crippen LogP contribution in [-0.4, -0.2) is 24.7 Å². The molecule has 0 unspecified atom stereocenters. The Morgan fingerprint density at radius 1 is 1.26 bits per heavy atom. The van der Waals surface area contributed by atoms with Gasteiger partial charge in [0.1, 0.15) is 4.90 Å². The summed E-state index contributed by atoms with van der Waals surface area (Å²) in [6.07, 6.45) is 3.15. The van der Waals surface area contributed by atoms with Crippen LogP contribution in [0.1, 0.15) is 18.9 Å². The first kappa shape index (κ1) is 15.9. The second kappa shape index (κ2) is 5.55. The van der Waals surface area contributed by atoms with E-state index in [4.69, 9.17) is 0 Å². The van der Waals surface area contributed by atoms with Gasteiger partial charge in [0.05, 0.1) is 11.9 Å². The van der Waals surface area contributed by atoms with Crippen molar-refractivity contribution in [1.82, 2.24) is 9.78 Å². The number of aryl methyl sites for hydroxylation is 2. The van der Waals surface area contributed by atoms with E-state index >= 15 is 0 Å². The lowest BCUT2D eigenvalue weighted by atomic mass is 10.0. The van der Waals surface area contributed by atoms with E-state index in [1.807, 2.05) is 0 Å². The van der Waals surface area contributed by atoms with Crippen molar-refractivity contribution in [2.75, 3.05) is 10.8 Å². The molecule has 0 radical (unpaired) electrons. The van der Waals surface area contributed by atoms with Crippen molar-refractivity contribution in [3.63, 3.8) is 0 Å². The molecule has 0 aliphatic carbocycles. The van der Waals surface area contributed by atoms with E-state index in [0.29, 0.717) is 13.0 Å². The number of rotatable bonds is 3. The maximum Gasteiger partial charge on any atom is 0.267 e. The topological polar surface area (TPSA) is 55.2 Å². The molecule has 1 aliphatic heterocycles. The minimum Gasteiger partial charge on any atom is -0.272 e. The monoisotopic (exact) mass is 345 g/mol. The molecule has 3 rings (SSSR count). The third kappa shape index (κ3) is 2.48. The first-order chi connectivity index (χ1) is 10.9. The second-order valence-electron chi connectivity index (χ2n) is 5.21. The third-order valence-corrected chi connectivity index (χ3v) is 5.55. The zero-order valence-corrected chi connectivity index (χ0v) is 13.1. The number of hydrogen-bond donors (Lipinski definition) is 0. The molecule has 0 atom stereocenters. The predicted octanol–water partition coefficient (Wildman–Crippen LogP) is 2.46. The summed E-state index contributed by atoms with van der Waals surface area (Å²) >= 11 is 0. The molecule has 23 heavy (non-hydrogen) atoms. The van der Waals surface area contributed by atoms with Gasteiger partial charge in [0.25, 0.3) is 10.0 Å². The van der Waals surface area contributed by atoms with Gasteiger partial charge in [-0.05, 0) is 31.4 Å². The van der Waals surface area contributed by atoms with E-state index in [9.17, 15) is 21.6 Å². The standard InChI is InChI=1S/C14H14F3N3O2S/c1-2-19-8-10(7-18-19)23(21,22)20-5-3-4-9-6-11(15)12(16)13(17)14(9)20/h6-8H,2-5H2,1H3. The Morgan fingerprint density at radius 3 is 2.65 bits per heavy atom. The average Bonchev–Trinajstić information content (AvgIpc) is 3.02. The molecule has 1 aromatic heterocycles. The highest BCUT2D eigenvalue weighted by Gasteiger charge is 2.34. The van der Waals surface area contributed by atoms with Gasteiger partial charge in [-0.2, -0.15) is 5.10 Å². The minimum atomic E-state index is -4.10. The van der Waals surface area contributed by atoms with Gasteiger partial charge in [0.2, 0.25) is 0 Å². The number of aromatic nitrogens is 2. The average molecular weight is 345 g/mol. The fourth-order valence-electron chi connectivity index (χ4n) is 2.64. The summed E-state index contributed by atoms with van der Waals surface area (Å²) in [6.45, 7) is 2.26. The maximum atomic E-state index is 14.2. The van der Waals surface area contributed by atoms with Gasteiger partial charge in [-0.3, -0.25) is 8.99 Å². The number of benzene rings is 1. The number of halogens is 3. The quantitative estimate of drug-likeness (QED) is 0.803. The molecule has 1 aromatic carbocycles. The van der Waals surface area contributed by atoms with Crippen molar-refractivity contribution in [1.29, 1.82) is 0 Å². The van der Waals surface area contributed by atoms with E-state index < -0.39 is 33.2 Å². The van der Waals surface area contributed by atoms with Crippen LogP contribution in [0, 0.1) is 17.5 Å². The van der Waals surface area contributed by atoms with Crippen LogP contribution in [0.2, 0.25) is 0 Å². The molecule has 0 saturated heterocycles. The Bertz CT molecular complexity index is 864. The smallest absolute Gasteiger partial charge is 0.267 e. The first-order valence-electron chi connectivity index (χ1n) is 7.07. The first-order valence-corrected chi connectivity index (χ1v) is 8.51. The van der Waals surface area contributed by atoms with E-state index in [1.165, 1.54) is 10.9 Å². The SMILES string of the molecule is CCn1cc(S(=O)(=O)N2CCCc3cc(F)c(F)c(F)c32)cn1. The molecule has 2 heterocycles. The third-order valence-electron chi connectivity index (χ3n) is 3.79. The predicted molar refractivity (Wildman–Crippen MR) is 77.1 cm³/mol. The van der Waals surface area contributed by atoms with Crippen molar-refractivity contribution in [2.24, 2.45) is 0 Å². The molecular formula is C14H14F3N3O2S. The van der Waals surface area contributed by atoms with Crippen LogP contribution in [0.4, 0.5) is 18.9 Å². The molecule has 0 bridgehead atoms. The summed E-state index contributed by atoms with van der Waals surface area (Å²) in [5, 5.41) is 3.89. The van der Waals surface area contributed by atoms with Crippen LogP contribution in [0.5, 0.6) is 0 Å². The van der Waals surface area contributed by atoms with Gasteiger partial charge in [0.15, 0.2) is 17.5 Å². The van der Waals surface area contributed by atoms with Crippen LogP contribution in [0.15, 0.2) is 23.4 Å². The van der Waals surface area contributed by atoms with Crippen LogP contribution in [-0.2, 0) is 23.0 Å². The molecule has 0 saturated carbocycles. The van der Waals surface area contributed by atoms with Gasteiger partial charge < -0.3 is 0 Å². The Labute approximate surface area is 131 Å². The largest absolute Gasteiger partial charge is 0.272 e. The van der Waals surface area contributed by atoms with E-state index in [0.717, 1.165) is 16.6 Å². The molecule has 0 amide bonds. The Morgan fingerprint density at radius 2 is 2.00 bits per heavy atom. The Kier molecular flexibility index (Phi) is 3.83. The summed E-state index contributed by atoms with van der Waals surface area (Å²) in [5.41, 5.74) is -0.279. The molecule has 0 spiro atoms. The van der Waals surface area contributed by atoms with E-state index in [2.05, 4.69) is 5.10 Å². The van der Waals surface area contributed by atoms with Gasteiger partial charge in [-0.25, -0.2) is 21.6 Å². The van der Waals surface area contributed by atoms with E-state index in [1.54, 1.807) is 6.92 Å². The lowest BCUT2D eigenvalue weighted by Crippen LogP contribution is -2.36. The lowest BCUT2D eigenvalue weighted by Gasteiger charge is -2.30. The second-order valence-corrected chi connectivity index (χ2v) is 7.07. The van der Waals surface area contributed by atoms with Crippen molar-refractivity contribution in [3.05, 3.63) is 41.5 Å². The summed E-state index contributed by atoms with van der Waals surface area (Å²) in [7, 11) is -4.10. The molecule has 0 fully saturated rings. The van der Waals surface area contributed by atoms with Crippen molar-refractivity contribution in [2.45, 2.75) is 31.2 Å². The van der Waals surface area contributed by atoms with E-state index in [-0.39, 0.29) is 23.4 Å². The van der Waals surface area contributed by atoms with Crippen LogP contribution in [0.3, 0.4) is 0 Å². The highest BCUT2D eigenvalue weighted by atomic mass is 32.2. The van der Waals surface area contributed by atoms with Gasteiger partial charge >= 0.3 is 0 Å². The fourth-order valence-corrected chi connectivity index (χ4v) is 4.13. The highest BCUT2D eigenvalue weighted by molar-refractivity contribution is 7.92. The molecule has 5 nitrogen and oxygen atoms in total. The van der Waals surface area contributed by atoms with Gasteiger partial charge in [0, 0.05) is 19.3 Å². The summed E-state index contributed by atoms with van der Waals surface area (Å²) < 4.78 is 68.7. The van der Waals surface area contributed by atoms with Crippen LogP contribution >= 0.6 is 0 Å². The van der Waals surface area contributed by atoms with Crippen LogP contribution < -0.4 is 4.31 Å². The Balaban J connectivity index is 2.14. The number of nitrogens with zero attached hydrogens (tertiary/aromatic N) is 3. The van der Waals surface area contributed by atoms with Gasteiger partial charge in [-0.15, -0.1) is 0 Å². The van der Waals surface area contributed by atoms with Crippen molar-refractivity contribution < 1.29 is 21.6 Å². The zero-order chi connectivity index (χ0) is 16.8. The number of hydrogen-bond acceptors (Lipinski definition) is 3. The van der Waals surface area contributed by atoms with Gasteiger partial charge in [-0.1, -0.05) is 0 Å². The highest BCUT2D eigenvalue weighted by Crippen LogP contribution is 2.36. The normalized spacial score (nSPS) is 14.9. The minimum absolute atomic E-state index is 0.00533. The molecule has 124 valence electrons. The number of fused-ring (bicyclic) bond motifs is 1. The van der Waals surface area contributed by atoms with Crippen LogP contribution in [0.25, 0.3) is 0 Å². The van der Waals surface area contributed by atoms with Crippen molar-refractivity contribution in [3.8, 4) is 0 Å². The van der Waals surface area contributed by atoms with Crippen molar-refractivity contribution >= 4 is 15.7 Å². The molecule has 0 N–H and O–H groups in total. The number of anilines is 1. The molecular weight excluding hydrogens is 331 g/mol. The summed E-state index contributed by atoms with van der Waals surface area (Å²) in [6, 6.07) is 0.852. The maximum absolute atomic E-state index is 14.2. The fraction of sp³-hybridized carbons (Fsp3) is 0.357. The zero-order valence-electron chi connectivity index (χ0n) is 12.3. The number of sulfonamides is 1. The summed E-state index contributed by atoms with van der Waals surface area (Å²) in [5.74, 6) is -4.47. The lowest BCUT2D eigenvalue weighted by molar-refractivity contribution is 0.443. The summed E-state index contributed by atoms with van der Waals surface area (Å²) in [4.78, 5) is -0.115. The molecule has 1 aliphatic rings. The Hall–Kier alpha value is -2.03. The molecule has 9 heteroatoms.